The molecule has 0 radical (unpaired) electrons. The van der Waals surface area contributed by atoms with Gasteiger partial charge in [-0.05, 0) is 57.6 Å². The highest BCUT2D eigenvalue weighted by atomic mass is 32.2. The van der Waals surface area contributed by atoms with E-state index >= 15 is 0 Å². The normalized spacial score (nSPS) is 26.4. The van der Waals surface area contributed by atoms with Gasteiger partial charge in [-0.3, -0.25) is 4.79 Å². The maximum absolute atomic E-state index is 11.1. The standard InChI is InChI=1S/C20H29NO2S/c1-15-4-10-18(11-5-15)24-20(12-2-3-13-20)14-21-17-8-6-16(7-9-17)19(22)23/h4-5,10-11,16-17,21H,2-3,6-9,12-14H2,1H3,(H,22,23). The lowest BCUT2D eigenvalue weighted by Crippen LogP contribution is -2.42. The van der Waals surface area contributed by atoms with E-state index in [0.29, 0.717) is 10.8 Å². The molecule has 4 heteroatoms. The van der Waals surface area contributed by atoms with Gasteiger partial charge in [0.2, 0.25) is 0 Å². The number of carbonyl (C=O) groups is 1. The fourth-order valence-corrected chi connectivity index (χ4v) is 5.49. The quantitative estimate of drug-likeness (QED) is 0.787. The van der Waals surface area contributed by atoms with Crippen LogP contribution in [0.3, 0.4) is 0 Å². The van der Waals surface area contributed by atoms with E-state index in [4.69, 9.17) is 5.11 Å². The van der Waals surface area contributed by atoms with E-state index in [1.807, 2.05) is 11.8 Å². The Morgan fingerprint density at radius 1 is 1.17 bits per heavy atom. The molecule has 24 heavy (non-hydrogen) atoms. The topological polar surface area (TPSA) is 49.3 Å². The molecule has 1 aromatic rings. The molecular formula is C20H29NO2S. The van der Waals surface area contributed by atoms with Gasteiger partial charge in [-0.25, -0.2) is 0 Å². The van der Waals surface area contributed by atoms with Crippen LogP contribution in [0, 0.1) is 12.8 Å². The molecule has 3 rings (SSSR count). The van der Waals surface area contributed by atoms with Gasteiger partial charge in [0.15, 0.2) is 0 Å². The summed E-state index contributed by atoms with van der Waals surface area (Å²) in [6.07, 6.45) is 8.87. The zero-order valence-electron chi connectivity index (χ0n) is 14.6. The summed E-state index contributed by atoms with van der Waals surface area (Å²) >= 11 is 2.04. The summed E-state index contributed by atoms with van der Waals surface area (Å²) in [5, 5.41) is 12.9. The third-order valence-corrected chi connectivity index (χ3v) is 7.15. The van der Waals surface area contributed by atoms with E-state index in [9.17, 15) is 4.79 Å². The Bertz CT molecular complexity index is 543. The van der Waals surface area contributed by atoms with Gasteiger partial charge in [0.25, 0.3) is 0 Å². The minimum atomic E-state index is -0.615. The van der Waals surface area contributed by atoms with Crippen molar-refractivity contribution in [2.45, 2.75) is 74.0 Å². The summed E-state index contributed by atoms with van der Waals surface area (Å²) in [6.45, 7) is 3.18. The second-order valence-corrected chi connectivity index (χ2v) is 9.11. The first kappa shape index (κ1) is 17.8. The maximum Gasteiger partial charge on any atom is 0.306 e. The monoisotopic (exact) mass is 347 g/mol. The van der Waals surface area contributed by atoms with E-state index in [0.717, 1.165) is 32.2 Å². The highest BCUT2D eigenvalue weighted by molar-refractivity contribution is 8.00. The molecule has 2 saturated carbocycles. The molecule has 0 atom stereocenters. The Labute approximate surface area is 149 Å². The van der Waals surface area contributed by atoms with Crippen molar-refractivity contribution in [3.05, 3.63) is 29.8 Å². The molecule has 0 amide bonds. The second-order valence-electron chi connectivity index (χ2n) is 7.57. The van der Waals surface area contributed by atoms with Crippen LogP contribution in [0.15, 0.2) is 29.2 Å². The van der Waals surface area contributed by atoms with Crippen LogP contribution in [-0.4, -0.2) is 28.4 Å². The molecule has 1 aromatic carbocycles. The number of hydrogen-bond acceptors (Lipinski definition) is 3. The second kappa shape index (κ2) is 7.92. The van der Waals surface area contributed by atoms with Gasteiger partial charge in [-0.2, -0.15) is 0 Å². The first-order valence-electron chi connectivity index (χ1n) is 9.28. The molecule has 0 unspecified atom stereocenters. The number of hydrogen-bond donors (Lipinski definition) is 2. The van der Waals surface area contributed by atoms with Gasteiger partial charge in [0.05, 0.1) is 5.92 Å². The molecule has 0 aliphatic heterocycles. The smallest absolute Gasteiger partial charge is 0.306 e. The molecule has 3 nitrogen and oxygen atoms in total. The summed E-state index contributed by atoms with van der Waals surface area (Å²) < 4.78 is 0.318. The molecule has 0 spiro atoms. The predicted molar refractivity (Wildman–Crippen MR) is 99.6 cm³/mol. The zero-order valence-corrected chi connectivity index (χ0v) is 15.4. The molecule has 0 aromatic heterocycles. The molecule has 2 fully saturated rings. The van der Waals surface area contributed by atoms with Gasteiger partial charge >= 0.3 is 5.97 Å². The Kier molecular flexibility index (Phi) is 5.88. The van der Waals surface area contributed by atoms with Crippen molar-refractivity contribution >= 4 is 17.7 Å². The number of carboxylic acid groups (broad SMARTS) is 1. The first-order chi connectivity index (χ1) is 11.6. The highest BCUT2D eigenvalue weighted by Crippen LogP contribution is 2.45. The van der Waals surface area contributed by atoms with E-state index in [2.05, 4.69) is 36.5 Å². The van der Waals surface area contributed by atoms with Crippen molar-refractivity contribution in [1.29, 1.82) is 0 Å². The largest absolute Gasteiger partial charge is 0.481 e. The Morgan fingerprint density at radius 3 is 2.38 bits per heavy atom. The zero-order chi connectivity index (χ0) is 17.0. The number of carboxylic acids is 1. The molecule has 2 aliphatic carbocycles. The van der Waals surface area contributed by atoms with Crippen LogP contribution < -0.4 is 5.32 Å². The summed E-state index contributed by atoms with van der Waals surface area (Å²) in [7, 11) is 0. The lowest BCUT2D eigenvalue weighted by Gasteiger charge is -2.33. The average molecular weight is 348 g/mol. The van der Waals surface area contributed by atoms with E-state index < -0.39 is 5.97 Å². The van der Waals surface area contributed by atoms with Crippen molar-refractivity contribution in [1.82, 2.24) is 5.32 Å². The van der Waals surface area contributed by atoms with Crippen molar-refractivity contribution in [3.63, 3.8) is 0 Å². The molecular weight excluding hydrogens is 318 g/mol. The van der Waals surface area contributed by atoms with Gasteiger partial charge in [-0.15, -0.1) is 11.8 Å². The third-order valence-electron chi connectivity index (χ3n) is 5.66. The Hall–Kier alpha value is -1.00. The Morgan fingerprint density at radius 2 is 1.79 bits per heavy atom. The first-order valence-corrected chi connectivity index (χ1v) is 10.1. The van der Waals surface area contributed by atoms with Crippen LogP contribution in [0.25, 0.3) is 0 Å². The van der Waals surface area contributed by atoms with E-state index in [1.165, 1.54) is 36.1 Å². The fraction of sp³-hybridized carbons (Fsp3) is 0.650. The van der Waals surface area contributed by atoms with Crippen LogP contribution in [0.4, 0.5) is 0 Å². The minimum Gasteiger partial charge on any atom is -0.481 e. The molecule has 0 heterocycles. The molecule has 132 valence electrons. The molecule has 2 N–H and O–H groups in total. The Balaban J connectivity index is 1.54. The number of rotatable bonds is 6. The lowest BCUT2D eigenvalue weighted by molar-refractivity contribution is -0.142. The average Bonchev–Trinajstić information content (AvgIpc) is 3.04. The van der Waals surface area contributed by atoms with E-state index in [1.54, 1.807) is 0 Å². The number of nitrogens with one attached hydrogen (secondary N) is 1. The van der Waals surface area contributed by atoms with Gasteiger partial charge in [-0.1, -0.05) is 30.5 Å². The fourth-order valence-electron chi connectivity index (χ4n) is 4.07. The predicted octanol–water partition coefficient (Wildman–Crippen LogP) is 4.63. The number of thioether (sulfide) groups is 1. The van der Waals surface area contributed by atoms with Crippen LogP contribution in [0.2, 0.25) is 0 Å². The molecule has 0 bridgehead atoms. The third kappa shape index (κ3) is 4.54. The van der Waals surface area contributed by atoms with Crippen molar-refractivity contribution in [2.24, 2.45) is 5.92 Å². The summed E-state index contributed by atoms with van der Waals surface area (Å²) in [4.78, 5) is 12.5. The minimum absolute atomic E-state index is 0.120. The van der Waals surface area contributed by atoms with Crippen LogP contribution >= 0.6 is 11.8 Å². The number of benzene rings is 1. The molecule has 0 saturated heterocycles. The molecule has 2 aliphatic rings. The van der Waals surface area contributed by atoms with Crippen molar-refractivity contribution < 1.29 is 9.90 Å². The van der Waals surface area contributed by atoms with Crippen LogP contribution in [0.1, 0.15) is 56.9 Å². The highest BCUT2D eigenvalue weighted by Gasteiger charge is 2.36. The van der Waals surface area contributed by atoms with E-state index in [-0.39, 0.29) is 5.92 Å². The van der Waals surface area contributed by atoms with Crippen molar-refractivity contribution in [3.8, 4) is 0 Å². The summed E-state index contributed by atoms with van der Waals surface area (Å²) in [6, 6.07) is 9.39. The summed E-state index contributed by atoms with van der Waals surface area (Å²) in [5.41, 5.74) is 1.31. The van der Waals surface area contributed by atoms with Gasteiger partial charge in [0, 0.05) is 22.2 Å². The van der Waals surface area contributed by atoms with Crippen molar-refractivity contribution in [2.75, 3.05) is 6.54 Å². The summed E-state index contributed by atoms with van der Waals surface area (Å²) in [5.74, 6) is -0.735. The number of aliphatic carboxylic acids is 1. The number of aryl methyl sites for hydroxylation is 1. The lowest BCUT2D eigenvalue weighted by atomic mass is 9.86. The van der Waals surface area contributed by atoms with Gasteiger partial charge < -0.3 is 10.4 Å². The van der Waals surface area contributed by atoms with Gasteiger partial charge in [0.1, 0.15) is 0 Å². The van der Waals surface area contributed by atoms with Crippen LogP contribution in [0.5, 0.6) is 0 Å². The SMILES string of the molecule is Cc1ccc(SC2(CNC3CCC(C(=O)O)CC3)CCCC2)cc1. The van der Waals surface area contributed by atoms with Crippen LogP contribution in [-0.2, 0) is 4.79 Å². The maximum atomic E-state index is 11.1.